The maximum Gasteiger partial charge on any atom is 0.472 e. The van der Waals surface area contributed by atoms with Crippen molar-refractivity contribution in [2.24, 2.45) is 0 Å². The first-order valence-electron chi connectivity index (χ1n) is 24.3. The summed E-state index contributed by atoms with van der Waals surface area (Å²) in [4.78, 5) is 35.7. The number of hydrogen-bond donors (Lipinski definition) is 6. The predicted octanol–water partition coefficient (Wildman–Crippen LogP) is 9.67. The average Bonchev–Trinajstić information content (AvgIpc) is 3.23. The third-order valence-corrected chi connectivity index (χ3v) is 12.7. The molecular weight excluding hydrogens is 791 g/mol. The minimum atomic E-state index is -5.11. The van der Waals surface area contributed by atoms with Crippen molar-refractivity contribution >= 4 is 19.8 Å². The van der Waals surface area contributed by atoms with Gasteiger partial charge in [-0.25, -0.2) is 4.57 Å². The van der Waals surface area contributed by atoms with E-state index in [0.29, 0.717) is 12.8 Å². The van der Waals surface area contributed by atoms with E-state index >= 15 is 0 Å². The van der Waals surface area contributed by atoms with E-state index in [1.54, 1.807) is 0 Å². The van der Waals surface area contributed by atoms with Crippen LogP contribution in [0.2, 0.25) is 0 Å². The molecule has 8 atom stereocenters. The number of carbonyl (C=O) groups excluding carboxylic acids is 2. The smallest absolute Gasteiger partial charge is 0.462 e. The van der Waals surface area contributed by atoms with Crippen molar-refractivity contribution in [3.05, 3.63) is 0 Å². The molecule has 0 radical (unpaired) electrons. The van der Waals surface area contributed by atoms with Crippen molar-refractivity contribution in [1.29, 1.82) is 0 Å². The molecule has 356 valence electrons. The van der Waals surface area contributed by atoms with Crippen LogP contribution in [-0.4, -0.2) is 98.3 Å². The molecule has 0 aromatic heterocycles. The van der Waals surface area contributed by atoms with Gasteiger partial charge >= 0.3 is 19.8 Å². The molecule has 0 heterocycles. The summed E-state index contributed by atoms with van der Waals surface area (Å²) in [6, 6.07) is 0. The summed E-state index contributed by atoms with van der Waals surface area (Å²) < 4.78 is 33.6. The molecule has 6 N–H and O–H groups in total. The van der Waals surface area contributed by atoms with Crippen molar-refractivity contribution in [2.45, 2.75) is 268 Å². The van der Waals surface area contributed by atoms with Crippen molar-refractivity contribution in [1.82, 2.24) is 0 Å². The van der Waals surface area contributed by atoms with Crippen LogP contribution < -0.4 is 0 Å². The molecule has 1 saturated carbocycles. The summed E-state index contributed by atoms with van der Waals surface area (Å²) in [5.74, 6) is -1.08. The van der Waals surface area contributed by atoms with Crippen LogP contribution in [0.15, 0.2) is 0 Å². The molecule has 1 aliphatic carbocycles. The highest BCUT2D eigenvalue weighted by Crippen LogP contribution is 2.47. The maximum atomic E-state index is 12.8. The number of esters is 2. The summed E-state index contributed by atoms with van der Waals surface area (Å²) in [6.45, 7) is 3.33. The van der Waals surface area contributed by atoms with Gasteiger partial charge in [-0.05, 0) is 12.8 Å². The topological polar surface area (TPSA) is 210 Å². The van der Waals surface area contributed by atoms with Gasteiger partial charge in [-0.15, -0.1) is 0 Å². The van der Waals surface area contributed by atoms with Gasteiger partial charge in [0.05, 0.1) is 6.61 Å². The molecule has 0 amide bonds. The van der Waals surface area contributed by atoms with Gasteiger partial charge < -0.3 is 39.9 Å². The summed E-state index contributed by atoms with van der Waals surface area (Å²) in [7, 11) is -5.11. The number of carbonyl (C=O) groups is 2. The quantitative estimate of drug-likeness (QED) is 0.0192. The number of rotatable bonds is 41. The molecule has 0 aliphatic heterocycles. The van der Waals surface area contributed by atoms with Gasteiger partial charge in [0.1, 0.15) is 43.2 Å². The van der Waals surface area contributed by atoms with Crippen molar-refractivity contribution in [2.75, 3.05) is 13.2 Å². The molecule has 0 spiro atoms. The number of phosphoric ester groups is 1. The Morgan fingerprint density at radius 3 is 1.10 bits per heavy atom. The third kappa shape index (κ3) is 29.3. The van der Waals surface area contributed by atoms with Crippen LogP contribution in [0.3, 0.4) is 0 Å². The van der Waals surface area contributed by atoms with Crippen LogP contribution in [0.1, 0.15) is 226 Å². The molecule has 13 nitrogen and oxygen atoms in total. The van der Waals surface area contributed by atoms with E-state index in [0.717, 1.165) is 38.5 Å². The van der Waals surface area contributed by atoms with Crippen molar-refractivity contribution < 1.29 is 63.1 Å². The Bertz CT molecular complexity index is 1060. The van der Waals surface area contributed by atoms with Crippen LogP contribution in [0.25, 0.3) is 0 Å². The third-order valence-electron chi connectivity index (χ3n) is 11.7. The van der Waals surface area contributed by atoms with Gasteiger partial charge in [-0.3, -0.25) is 18.6 Å². The lowest BCUT2D eigenvalue weighted by Crippen LogP contribution is -2.64. The lowest BCUT2D eigenvalue weighted by atomic mass is 9.85. The van der Waals surface area contributed by atoms with E-state index in [4.69, 9.17) is 18.5 Å². The molecule has 1 aliphatic rings. The minimum absolute atomic E-state index is 0.105. The zero-order valence-electron chi connectivity index (χ0n) is 37.8. The molecule has 1 rings (SSSR count). The standard InChI is InChI=1S/C46H89O13P/c1-3-5-7-9-11-13-15-17-18-19-20-21-23-24-26-28-30-32-34-39(47)56-36-38(37-57-60(54,55)59-46-44(52)42(50)41(49)43(51)45(46)53)58-40(48)35-33-31-29-27-25-22-16-14-12-10-8-6-4-2/h38,41-46,49-53H,3-37H2,1-2H3,(H,54,55)/t38-,41?,42-,43?,44?,45?,46?/m1/s1. The van der Waals surface area contributed by atoms with E-state index in [9.17, 15) is 44.6 Å². The number of hydrogen-bond acceptors (Lipinski definition) is 12. The molecule has 1 fully saturated rings. The predicted molar refractivity (Wildman–Crippen MR) is 235 cm³/mol. The van der Waals surface area contributed by atoms with Gasteiger partial charge in [-0.2, -0.15) is 0 Å². The first-order chi connectivity index (χ1) is 28.9. The Hall–Kier alpha value is -1.15. The highest BCUT2D eigenvalue weighted by Gasteiger charge is 2.51. The van der Waals surface area contributed by atoms with Crippen LogP contribution in [0.5, 0.6) is 0 Å². The molecule has 6 unspecified atom stereocenters. The Balaban J connectivity index is 2.40. The van der Waals surface area contributed by atoms with Crippen molar-refractivity contribution in [3.8, 4) is 0 Å². The number of aliphatic hydroxyl groups is 5. The monoisotopic (exact) mass is 881 g/mol. The maximum absolute atomic E-state index is 12.8. The van der Waals surface area contributed by atoms with Crippen LogP contribution in [0.4, 0.5) is 0 Å². The van der Waals surface area contributed by atoms with Gasteiger partial charge in [0, 0.05) is 12.8 Å². The number of ether oxygens (including phenoxy) is 2. The molecular formula is C46H89O13P. The molecule has 0 aromatic carbocycles. The van der Waals surface area contributed by atoms with Crippen molar-refractivity contribution in [3.63, 3.8) is 0 Å². The highest BCUT2D eigenvalue weighted by molar-refractivity contribution is 7.47. The second-order valence-electron chi connectivity index (χ2n) is 17.3. The minimum Gasteiger partial charge on any atom is -0.462 e. The molecule has 14 heteroatoms. The lowest BCUT2D eigenvalue weighted by molar-refractivity contribution is -0.220. The summed E-state index contributed by atoms with van der Waals surface area (Å²) >= 11 is 0. The highest BCUT2D eigenvalue weighted by atomic mass is 31.2. The summed E-state index contributed by atoms with van der Waals surface area (Å²) in [5.41, 5.74) is 0. The van der Waals surface area contributed by atoms with Gasteiger partial charge in [0.15, 0.2) is 6.10 Å². The molecule has 0 aromatic rings. The lowest BCUT2D eigenvalue weighted by Gasteiger charge is -2.41. The van der Waals surface area contributed by atoms with E-state index in [-0.39, 0.29) is 12.8 Å². The van der Waals surface area contributed by atoms with Crippen LogP contribution in [-0.2, 0) is 32.7 Å². The Morgan fingerprint density at radius 2 is 0.750 bits per heavy atom. The van der Waals surface area contributed by atoms with Crippen LogP contribution >= 0.6 is 7.82 Å². The van der Waals surface area contributed by atoms with Crippen LogP contribution in [0, 0.1) is 0 Å². The number of aliphatic hydroxyl groups excluding tert-OH is 5. The normalized spacial score (nSPS) is 22.1. The van der Waals surface area contributed by atoms with E-state index in [2.05, 4.69) is 13.8 Å². The Labute approximate surface area is 363 Å². The average molecular weight is 881 g/mol. The van der Waals surface area contributed by atoms with Gasteiger partial charge in [-0.1, -0.05) is 200 Å². The fourth-order valence-corrected chi connectivity index (χ4v) is 8.73. The second kappa shape index (κ2) is 37.2. The fraction of sp³-hybridized carbons (Fsp3) is 0.957. The first-order valence-corrected chi connectivity index (χ1v) is 25.8. The zero-order valence-corrected chi connectivity index (χ0v) is 38.7. The van der Waals surface area contributed by atoms with Gasteiger partial charge in [0.2, 0.25) is 0 Å². The van der Waals surface area contributed by atoms with E-state index in [1.807, 2.05) is 0 Å². The molecule has 0 saturated heterocycles. The molecule has 60 heavy (non-hydrogen) atoms. The fourth-order valence-electron chi connectivity index (χ4n) is 7.76. The SMILES string of the molecule is CCCCCCCCCCCCCCCCCCCCC(=O)OC[C@H](COP(=O)(O)OC1C(O)C(O)C(O)[C@@H](O)C1O)OC(=O)CCCCCCCCCCCCCCC. The largest absolute Gasteiger partial charge is 0.472 e. The Morgan fingerprint density at radius 1 is 0.450 bits per heavy atom. The Kier molecular flexibility index (Phi) is 35.3. The summed E-state index contributed by atoms with van der Waals surface area (Å²) in [6.07, 6.45) is 24.4. The molecule has 0 bridgehead atoms. The zero-order chi connectivity index (χ0) is 44.3. The second-order valence-corrected chi connectivity index (χ2v) is 18.7. The summed E-state index contributed by atoms with van der Waals surface area (Å²) in [5, 5.41) is 50.1. The van der Waals surface area contributed by atoms with Gasteiger partial charge in [0.25, 0.3) is 0 Å². The first kappa shape index (κ1) is 56.9. The van der Waals surface area contributed by atoms with E-state index < -0.39 is 75.7 Å². The number of phosphoric acid groups is 1. The van der Waals surface area contributed by atoms with E-state index in [1.165, 1.54) is 148 Å². The number of unbranched alkanes of at least 4 members (excludes halogenated alkanes) is 29.